The van der Waals surface area contributed by atoms with Crippen LogP contribution < -0.4 is 5.32 Å². The van der Waals surface area contributed by atoms with Crippen LogP contribution in [-0.4, -0.2) is 16.0 Å². The molecule has 0 bridgehead atoms. The Morgan fingerprint density at radius 2 is 1.71 bits per heavy atom. The minimum Gasteiger partial charge on any atom is -0.507 e. The quantitative estimate of drug-likeness (QED) is 0.709. The number of anilines is 1. The van der Waals surface area contributed by atoms with Crippen LogP contribution in [0.3, 0.4) is 0 Å². The van der Waals surface area contributed by atoms with Crippen molar-refractivity contribution in [3.05, 3.63) is 66.2 Å². The summed E-state index contributed by atoms with van der Waals surface area (Å²) in [4.78, 5) is 15.6. The molecule has 0 atom stereocenters. The third-order valence-corrected chi connectivity index (χ3v) is 3.10. The van der Waals surface area contributed by atoms with Gasteiger partial charge in [-0.05, 0) is 24.3 Å². The zero-order valence-electron chi connectivity index (χ0n) is 10.9. The largest absolute Gasteiger partial charge is 0.507 e. The van der Waals surface area contributed by atoms with Crippen molar-refractivity contribution >= 4 is 22.4 Å². The second-order valence-corrected chi connectivity index (χ2v) is 4.48. The highest BCUT2D eigenvalue weighted by Crippen LogP contribution is 2.29. The van der Waals surface area contributed by atoms with Gasteiger partial charge in [0.25, 0.3) is 5.91 Å². The minimum atomic E-state index is -0.710. The van der Waals surface area contributed by atoms with E-state index in [-0.39, 0.29) is 11.4 Å². The van der Waals surface area contributed by atoms with Gasteiger partial charge < -0.3 is 10.4 Å². The van der Waals surface area contributed by atoms with Gasteiger partial charge in [0, 0.05) is 16.5 Å². The molecular weight excluding hydrogens is 271 g/mol. The zero-order chi connectivity index (χ0) is 14.8. The Kier molecular flexibility index (Phi) is 3.23. The summed E-state index contributed by atoms with van der Waals surface area (Å²) in [5.74, 6) is -1.09. The molecule has 1 aromatic heterocycles. The molecule has 0 saturated carbocycles. The highest BCUT2D eigenvalue weighted by Gasteiger charge is 2.11. The van der Waals surface area contributed by atoms with Crippen molar-refractivity contribution in [1.82, 2.24) is 4.98 Å². The number of hydrogen-bond donors (Lipinski definition) is 2. The number of rotatable bonds is 2. The van der Waals surface area contributed by atoms with E-state index in [1.54, 1.807) is 36.4 Å². The predicted octanol–water partition coefficient (Wildman–Crippen LogP) is 3.33. The molecule has 5 heteroatoms. The number of nitrogens with zero attached hydrogens (tertiary/aromatic N) is 1. The van der Waals surface area contributed by atoms with Crippen molar-refractivity contribution in [2.24, 2.45) is 0 Å². The van der Waals surface area contributed by atoms with Crippen LogP contribution in [0.1, 0.15) is 10.5 Å². The molecule has 2 aromatic carbocycles. The molecule has 0 fully saturated rings. The number of carbonyl (C=O) groups excluding carboxylic acids is 1. The first kappa shape index (κ1) is 13.1. The number of aromatic hydroxyl groups is 1. The number of hydrogen-bond acceptors (Lipinski definition) is 3. The van der Waals surface area contributed by atoms with E-state index >= 15 is 0 Å². The van der Waals surface area contributed by atoms with Gasteiger partial charge in [-0.2, -0.15) is 4.39 Å². The lowest BCUT2D eigenvalue weighted by atomic mass is 10.1. The number of phenols is 1. The maximum Gasteiger partial charge on any atom is 0.274 e. The summed E-state index contributed by atoms with van der Waals surface area (Å²) in [6.45, 7) is 0. The van der Waals surface area contributed by atoms with Crippen LogP contribution in [0, 0.1) is 5.95 Å². The number of nitrogens with one attached hydrogen (secondary N) is 1. The average molecular weight is 282 g/mol. The Morgan fingerprint density at radius 3 is 2.52 bits per heavy atom. The van der Waals surface area contributed by atoms with Gasteiger partial charge in [-0.25, -0.2) is 4.98 Å². The molecule has 3 rings (SSSR count). The van der Waals surface area contributed by atoms with Gasteiger partial charge in [0.05, 0.1) is 0 Å². The van der Waals surface area contributed by atoms with Gasteiger partial charge in [0.15, 0.2) is 0 Å². The second kappa shape index (κ2) is 5.20. The van der Waals surface area contributed by atoms with E-state index in [0.29, 0.717) is 16.5 Å². The van der Waals surface area contributed by atoms with Crippen LogP contribution >= 0.6 is 0 Å². The molecule has 0 aliphatic rings. The van der Waals surface area contributed by atoms with E-state index in [0.717, 1.165) is 0 Å². The number of halogens is 1. The summed E-state index contributed by atoms with van der Waals surface area (Å²) >= 11 is 0. The monoisotopic (exact) mass is 282 g/mol. The smallest absolute Gasteiger partial charge is 0.274 e. The first-order chi connectivity index (χ1) is 10.1. The fourth-order valence-corrected chi connectivity index (χ4v) is 2.12. The van der Waals surface area contributed by atoms with Gasteiger partial charge >= 0.3 is 0 Å². The Labute approximate surface area is 119 Å². The van der Waals surface area contributed by atoms with Crippen LogP contribution in [0.2, 0.25) is 0 Å². The Hall–Kier alpha value is -2.95. The SMILES string of the molecule is O=C(Nc1cccc2c(O)cccc12)c1cccc(F)n1. The number of pyridine rings is 1. The number of carbonyl (C=O) groups is 1. The molecule has 3 aromatic rings. The number of amides is 1. The van der Waals surface area contributed by atoms with E-state index in [9.17, 15) is 14.3 Å². The van der Waals surface area contributed by atoms with Crippen molar-refractivity contribution in [1.29, 1.82) is 0 Å². The molecule has 21 heavy (non-hydrogen) atoms. The van der Waals surface area contributed by atoms with Crippen molar-refractivity contribution < 1.29 is 14.3 Å². The summed E-state index contributed by atoms with van der Waals surface area (Å²) in [5.41, 5.74) is 0.520. The van der Waals surface area contributed by atoms with Crippen LogP contribution in [0.4, 0.5) is 10.1 Å². The van der Waals surface area contributed by atoms with E-state index in [2.05, 4.69) is 10.3 Å². The van der Waals surface area contributed by atoms with E-state index in [1.807, 2.05) is 0 Å². The third kappa shape index (κ3) is 2.53. The summed E-state index contributed by atoms with van der Waals surface area (Å²) in [6, 6.07) is 14.2. The number of aromatic nitrogens is 1. The Morgan fingerprint density at radius 1 is 1.00 bits per heavy atom. The maximum atomic E-state index is 13.0. The van der Waals surface area contributed by atoms with Crippen LogP contribution in [0.25, 0.3) is 10.8 Å². The number of benzene rings is 2. The van der Waals surface area contributed by atoms with Gasteiger partial charge in [-0.1, -0.05) is 30.3 Å². The Balaban J connectivity index is 1.99. The number of phenolic OH excluding ortho intramolecular Hbond substituents is 1. The highest BCUT2D eigenvalue weighted by atomic mass is 19.1. The first-order valence-electron chi connectivity index (χ1n) is 6.30. The van der Waals surface area contributed by atoms with Gasteiger partial charge in [0.1, 0.15) is 11.4 Å². The summed E-state index contributed by atoms with van der Waals surface area (Å²) in [5, 5.41) is 13.8. The Bertz CT molecular complexity index is 833. The fraction of sp³-hybridized carbons (Fsp3) is 0. The number of fused-ring (bicyclic) bond motifs is 1. The molecular formula is C16H11FN2O2. The zero-order valence-corrected chi connectivity index (χ0v) is 10.9. The van der Waals surface area contributed by atoms with Crippen molar-refractivity contribution in [2.75, 3.05) is 5.32 Å². The molecule has 0 radical (unpaired) electrons. The van der Waals surface area contributed by atoms with E-state index in [1.165, 1.54) is 18.2 Å². The molecule has 1 heterocycles. The molecule has 2 N–H and O–H groups in total. The molecule has 0 aliphatic carbocycles. The lowest BCUT2D eigenvalue weighted by molar-refractivity contribution is 0.102. The van der Waals surface area contributed by atoms with Gasteiger partial charge in [0.2, 0.25) is 5.95 Å². The van der Waals surface area contributed by atoms with Crippen LogP contribution in [-0.2, 0) is 0 Å². The second-order valence-electron chi connectivity index (χ2n) is 4.48. The van der Waals surface area contributed by atoms with Gasteiger partial charge in [-0.15, -0.1) is 0 Å². The minimum absolute atomic E-state index is 0.00726. The normalized spacial score (nSPS) is 10.5. The molecule has 0 spiro atoms. The topological polar surface area (TPSA) is 62.2 Å². The van der Waals surface area contributed by atoms with Crippen LogP contribution in [0.5, 0.6) is 5.75 Å². The summed E-state index contributed by atoms with van der Waals surface area (Å²) in [6.07, 6.45) is 0. The lowest BCUT2D eigenvalue weighted by Gasteiger charge is -2.09. The van der Waals surface area contributed by atoms with Gasteiger partial charge in [-0.3, -0.25) is 4.79 Å². The molecule has 0 aliphatic heterocycles. The molecule has 0 unspecified atom stereocenters. The molecule has 104 valence electrons. The summed E-state index contributed by atoms with van der Waals surface area (Å²) in [7, 11) is 0. The van der Waals surface area contributed by atoms with Crippen molar-refractivity contribution in [3.8, 4) is 5.75 Å². The molecule has 4 nitrogen and oxygen atoms in total. The van der Waals surface area contributed by atoms with Crippen LogP contribution in [0.15, 0.2) is 54.6 Å². The van der Waals surface area contributed by atoms with Crippen molar-refractivity contribution in [2.45, 2.75) is 0 Å². The average Bonchev–Trinajstić information content (AvgIpc) is 2.48. The maximum absolute atomic E-state index is 13.0. The summed E-state index contributed by atoms with van der Waals surface area (Å²) < 4.78 is 13.0. The van der Waals surface area contributed by atoms with E-state index < -0.39 is 11.9 Å². The highest BCUT2D eigenvalue weighted by molar-refractivity contribution is 6.09. The van der Waals surface area contributed by atoms with Crippen molar-refractivity contribution in [3.63, 3.8) is 0 Å². The van der Waals surface area contributed by atoms with E-state index in [4.69, 9.17) is 0 Å². The molecule has 1 amide bonds. The lowest BCUT2D eigenvalue weighted by Crippen LogP contribution is -2.14. The first-order valence-corrected chi connectivity index (χ1v) is 6.30. The third-order valence-electron chi connectivity index (χ3n) is 3.10. The fourth-order valence-electron chi connectivity index (χ4n) is 2.12. The predicted molar refractivity (Wildman–Crippen MR) is 77.8 cm³/mol. The standard InChI is InChI=1S/C16H11FN2O2/c17-15-9-3-7-13(18-15)16(21)19-12-6-1-5-11-10(12)4-2-8-14(11)20/h1-9,20H,(H,19,21). The molecule has 0 saturated heterocycles.